The second-order valence-electron chi connectivity index (χ2n) is 5.65. The summed E-state index contributed by atoms with van der Waals surface area (Å²) in [7, 11) is 1.64. The van der Waals surface area contributed by atoms with Gasteiger partial charge in [0.15, 0.2) is 0 Å². The van der Waals surface area contributed by atoms with Crippen LogP contribution in [0.2, 0.25) is 0 Å². The first kappa shape index (κ1) is 15.4. The van der Waals surface area contributed by atoms with E-state index in [1.54, 1.807) is 7.11 Å². The number of hydrogen-bond acceptors (Lipinski definition) is 3. The molecule has 1 heterocycles. The Morgan fingerprint density at radius 1 is 1.44 bits per heavy atom. The van der Waals surface area contributed by atoms with Gasteiger partial charge in [0.2, 0.25) is 5.91 Å². The van der Waals surface area contributed by atoms with E-state index in [2.05, 4.69) is 24.1 Å². The van der Waals surface area contributed by atoms with Gasteiger partial charge >= 0.3 is 0 Å². The van der Waals surface area contributed by atoms with E-state index < -0.39 is 0 Å². The third-order valence-corrected chi connectivity index (χ3v) is 3.74. The molecule has 18 heavy (non-hydrogen) atoms. The van der Waals surface area contributed by atoms with Crippen molar-refractivity contribution >= 4 is 5.91 Å². The van der Waals surface area contributed by atoms with Gasteiger partial charge in [0.25, 0.3) is 0 Å². The Hall–Kier alpha value is -0.610. The predicted molar refractivity (Wildman–Crippen MR) is 73.5 cm³/mol. The summed E-state index contributed by atoms with van der Waals surface area (Å²) in [6.07, 6.45) is 2.93. The van der Waals surface area contributed by atoms with Crippen LogP contribution in [-0.2, 0) is 9.53 Å². The molecular weight excluding hydrogens is 228 g/mol. The number of hydrogen-bond donors (Lipinski definition) is 1. The molecule has 0 spiro atoms. The molecule has 106 valence electrons. The van der Waals surface area contributed by atoms with Crippen LogP contribution in [0.25, 0.3) is 0 Å². The molecule has 1 saturated heterocycles. The maximum atomic E-state index is 11.7. The topological polar surface area (TPSA) is 41.6 Å². The lowest BCUT2D eigenvalue weighted by Crippen LogP contribution is -2.44. The molecule has 4 nitrogen and oxygen atoms in total. The molecule has 0 radical (unpaired) electrons. The van der Waals surface area contributed by atoms with Crippen LogP contribution in [0, 0.1) is 5.92 Å². The lowest BCUT2D eigenvalue weighted by atomic mass is 9.97. The molecule has 1 amide bonds. The second-order valence-corrected chi connectivity index (χ2v) is 5.65. The van der Waals surface area contributed by atoms with Gasteiger partial charge in [0.1, 0.15) is 0 Å². The van der Waals surface area contributed by atoms with Crippen LogP contribution in [0.1, 0.15) is 40.0 Å². The van der Waals surface area contributed by atoms with E-state index >= 15 is 0 Å². The Kier molecular flexibility index (Phi) is 6.65. The third kappa shape index (κ3) is 5.36. The van der Waals surface area contributed by atoms with Crippen molar-refractivity contribution in [2.24, 2.45) is 5.92 Å². The van der Waals surface area contributed by atoms with E-state index in [-0.39, 0.29) is 12.0 Å². The Balaban J connectivity index is 2.24. The van der Waals surface area contributed by atoms with Crippen molar-refractivity contribution in [1.82, 2.24) is 10.2 Å². The number of ether oxygens (including phenoxy) is 1. The molecule has 0 aromatic heterocycles. The Labute approximate surface area is 111 Å². The van der Waals surface area contributed by atoms with Crippen LogP contribution in [0.4, 0.5) is 0 Å². The van der Waals surface area contributed by atoms with Crippen molar-refractivity contribution in [1.29, 1.82) is 0 Å². The zero-order valence-corrected chi connectivity index (χ0v) is 12.2. The number of nitrogens with one attached hydrogen (secondary N) is 1. The van der Waals surface area contributed by atoms with Crippen LogP contribution in [0.15, 0.2) is 0 Å². The van der Waals surface area contributed by atoms with Gasteiger partial charge < -0.3 is 15.0 Å². The van der Waals surface area contributed by atoms with Gasteiger partial charge in [0, 0.05) is 26.2 Å². The average Bonchev–Trinajstić information content (AvgIpc) is 2.36. The maximum Gasteiger partial charge on any atom is 0.222 e. The summed E-state index contributed by atoms with van der Waals surface area (Å²) in [5, 5.41) is 3.03. The minimum absolute atomic E-state index is 0.00326. The quantitative estimate of drug-likeness (QED) is 0.785. The van der Waals surface area contributed by atoms with Crippen LogP contribution in [0.3, 0.4) is 0 Å². The maximum absolute atomic E-state index is 11.7. The van der Waals surface area contributed by atoms with Crippen LogP contribution >= 0.6 is 0 Å². The van der Waals surface area contributed by atoms with Crippen LogP contribution < -0.4 is 5.32 Å². The first-order valence-corrected chi connectivity index (χ1v) is 7.06. The monoisotopic (exact) mass is 256 g/mol. The highest BCUT2D eigenvalue weighted by molar-refractivity contribution is 5.76. The molecule has 4 heteroatoms. The summed E-state index contributed by atoms with van der Waals surface area (Å²) in [5.41, 5.74) is 0. The lowest BCUT2D eigenvalue weighted by Gasteiger charge is -2.35. The standard InChI is InChI=1S/C14H28N2O2/c1-11(2)16-7-5-6-13(10-16)9-15-14(17)8-12(3)18-4/h11-13H,5-10H2,1-4H3,(H,15,17). The number of carbonyl (C=O) groups excluding carboxylic acids is 1. The van der Waals surface area contributed by atoms with Gasteiger partial charge in [-0.05, 0) is 46.1 Å². The van der Waals surface area contributed by atoms with Gasteiger partial charge in [0.05, 0.1) is 12.5 Å². The highest BCUT2D eigenvalue weighted by atomic mass is 16.5. The molecule has 2 atom stereocenters. The van der Waals surface area contributed by atoms with Crippen molar-refractivity contribution in [3.63, 3.8) is 0 Å². The minimum atomic E-state index is 0.00326. The number of nitrogens with zero attached hydrogens (tertiary/aromatic N) is 1. The zero-order valence-electron chi connectivity index (χ0n) is 12.2. The van der Waals surface area contributed by atoms with E-state index in [1.165, 1.54) is 19.4 Å². The first-order chi connectivity index (χ1) is 8.52. The summed E-state index contributed by atoms with van der Waals surface area (Å²) in [4.78, 5) is 14.2. The molecule has 1 fully saturated rings. The number of methoxy groups -OCH3 is 1. The van der Waals surface area contributed by atoms with Crippen molar-refractivity contribution in [3.8, 4) is 0 Å². The van der Waals surface area contributed by atoms with E-state index in [1.807, 2.05) is 6.92 Å². The molecule has 1 rings (SSSR count). The fourth-order valence-corrected chi connectivity index (χ4v) is 2.41. The SMILES string of the molecule is COC(C)CC(=O)NCC1CCCN(C(C)C)C1. The number of likely N-dealkylation sites (tertiary alicyclic amines) is 1. The minimum Gasteiger partial charge on any atom is -0.381 e. The lowest BCUT2D eigenvalue weighted by molar-refractivity contribution is -0.123. The Morgan fingerprint density at radius 2 is 2.17 bits per heavy atom. The highest BCUT2D eigenvalue weighted by Crippen LogP contribution is 2.17. The van der Waals surface area contributed by atoms with Gasteiger partial charge in [-0.1, -0.05) is 0 Å². The van der Waals surface area contributed by atoms with Crippen molar-refractivity contribution in [2.45, 2.75) is 52.2 Å². The van der Waals surface area contributed by atoms with E-state index in [9.17, 15) is 4.79 Å². The summed E-state index contributed by atoms with van der Waals surface area (Å²) in [5.74, 6) is 0.703. The summed E-state index contributed by atoms with van der Waals surface area (Å²) >= 11 is 0. The van der Waals surface area contributed by atoms with E-state index in [0.29, 0.717) is 18.4 Å². The molecule has 0 bridgehead atoms. The summed E-state index contributed by atoms with van der Waals surface area (Å²) < 4.78 is 5.09. The number of carbonyl (C=O) groups is 1. The zero-order chi connectivity index (χ0) is 13.5. The van der Waals surface area contributed by atoms with Crippen LogP contribution in [0.5, 0.6) is 0 Å². The number of piperidine rings is 1. The molecule has 0 aliphatic carbocycles. The van der Waals surface area contributed by atoms with Crippen LogP contribution in [-0.4, -0.2) is 49.7 Å². The molecule has 1 aliphatic rings. The fraction of sp³-hybridized carbons (Fsp3) is 0.929. The predicted octanol–water partition coefficient (Wildman–Crippen LogP) is 1.65. The molecular formula is C14H28N2O2. The summed E-state index contributed by atoms with van der Waals surface area (Å²) in [6.45, 7) is 9.50. The van der Waals surface area contributed by atoms with E-state index in [4.69, 9.17) is 4.74 Å². The molecule has 1 aliphatic heterocycles. The van der Waals surface area contributed by atoms with Gasteiger partial charge in [-0.3, -0.25) is 4.79 Å². The number of amides is 1. The summed E-state index contributed by atoms with van der Waals surface area (Å²) in [6, 6.07) is 0.608. The smallest absolute Gasteiger partial charge is 0.222 e. The highest BCUT2D eigenvalue weighted by Gasteiger charge is 2.22. The third-order valence-electron chi connectivity index (χ3n) is 3.74. The van der Waals surface area contributed by atoms with Crippen molar-refractivity contribution in [2.75, 3.05) is 26.7 Å². The van der Waals surface area contributed by atoms with Crippen molar-refractivity contribution in [3.05, 3.63) is 0 Å². The molecule has 0 aromatic carbocycles. The number of rotatable bonds is 6. The van der Waals surface area contributed by atoms with E-state index in [0.717, 1.165) is 13.1 Å². The molecule has 0 saturated carbocycles. The molecule has 2 unspecified atom stereocenters. The van der Waals surface area contributed by atoms with Gasteiger partial charge in [-0.15, -0.1) is 0 Å². The second kappa shape index (κ2) is 7.74. The first-order valence-electron chi connectivity index (χ1n) is 7.06. The Bertz CT molecular complexity index is 256. The largest absolute Gasteiger partial charge is 0.381 e. The molecule has 0 aromatic rings. The average molecular weight is 256 g/mol. The normalized spacial score (nSPS) is 23.1. The van der Waals surface area contributed by atoms with Gasteiger partial charge in [-0.2, -0.15) is 0 Å². The van der Waals surface area contributed by atoms with Gasteiger partial charge in [-0.25, -0.2) is 0 Å². The fourth-order valence-electron chi connectivity index (χ4n) is 2.41. The Morgan fingerprint density at radius 3 is 2.78 bits per heavy atom. The van der Waals surface area contributed by atoms with Crippen molar-refractivity contribution < 1.29 is 9.53 Å². The molecule has 1 N–H and O–H groups in total.